The third-order valence-electron chi connectivity index (χ3n) is 5.67. The Morgan fingerprint density at radius 3 is 2.44 bits per heavy atom. The molecule has 4 atom stereocenters. The van der Waals surface area contributed by atoms with Crippen molar-refractivity contribution in [2.75, 3.05) is 6.61 Å². The van der Waals surface area contributed by atoms with Crippen molar-refractivity contribution in [3.8, 4) is 0 Å². The van der Waals surface area contributed by atoms with Crippen molar-refractivity contribution in [2.24, 2.45) is 0 Å². The van der Waals surface area contributed by atoms with Gasteiger partial charge in [0.1, 0.15) is 18.3 Å². The smallest absolute Gasteiger partial charge is 0.330 e. The average Bonchev–Trinajstić information content (AvgIpc) is 2.98. The predicted molar refractivity (Wildman–Crippen MR) is 102 cm³/mol. The van der Waals surface area contributed by atoms with Crippen LogP contribution in [-0.2, 0) is 18.6 Å². The molecule has 2 aliphatic heterocycles. The van der Waals surface area contributed by atoms with Gasteiger partial charge in [0.2, 0.25) is 0 Å². The van der Waals surface area contributed by atoms with Crippen molar-refractivity contribution >= 4 is 8.32 Å². The van der Waals surface area contributed by atoms with E-state index in [-0.39, 0.29) is 17.2 Å². The summed E-state index contributed by atoms with van der Waals surface area (Å²) < 4.78 is 25.9. The molecule has 0 saturated carbocycles. The number of aromatic amines is 1. The maximum absolute atomic E-state index is 12.2. The summed E-state index contributed by atoms with van der Waals surface area (Å²) in [5.74, 6) is -0.779. The van der Waals surface area contributed by atoms with Gasteiger partial charge in [-0.1, -0.05) is 20.8 Å². The quantitative estimate of drug-likeness (QED) is 0.780. The van der Waals surface area contributed by atoms with Crippen LogP contribution in [0.4, 0.5) is 0 Å². The molecular formula is C18H30N2O6Si. The summed E-state index contributed by atoms with van der Waals surface area (Å²) in [5.41, 5.74) is -0.988. The van der Waals surface area contributed by atoms with Crippen LogP contribution in [0.25, 0.3) is 0 Å². The number of hydrogen-bond donors (Lipinski definition) is 1. The molecule has 2 unspecified atom stereocenters. The molecule has 9 heteroatoms. The highest BCUT2D eigenvalue weighted by Crippen LogP contribution is 2.43. The summed E-state index contributed by atoms with van der Waals surface area (Å²) in [7, 11) is -1.96. The molecule has 0 bridgehead atoms. The van der Waals surface area contributed by atoms with Gasteiger partial charge in [-0.25, -0.2) is 4.79 Å². The molecule has 1 aromatic rings. The first-order valence-electron chi connectivity index (χ1n) is 9.27. The third kappa shape index (κ3) is 3.97. The zero-order chi connectivity index (χ0) is 20.2. The summed E-state index contributed by atoms with van der Waals surface area (Å²) in [4.78, 5) is 25.9. The average molecular weight is 399 g/mol. The minimum atomic E-state index is -1.96. The largest absolute Gasteiger partial charge is 0.414 e. The van der Waals surface area contributed by atoms with Crippen LogP contribution in [0, 0.1) is 0 Å². The lowest BCUT2D eigenvalue weighted by atomic mass is 10.1. The van der Waals surface area contributed by atoms with Crippen molar-refractivity contribution in [1.29, 1.82) is 0 Å². The molecule has 0 aliphatic carbocycles. The van der Waals surface area contributed by atoms with Crippen LogP contribution in [0.15, 0.2) is 21.9 Å². The first-order valence-corrected chi connectivity index (χ1v) is 12.2. The third-order valence-corrected chi connectivity index (χ3v) is 10.2. The Hall–Kier alpha value is -1.26. The molecule has 2 saturated heterocycles. The van der Waals surface area contributed by atoms with Gasteiger partial charge in [-0.05, 0) is 32.0 Å². The maximum atomic E-state index is 12.2. The van der Waals surface area contributed by atoms with E-state index in [4.69, 9.17) is 18.6 Å². The van der Waals surface area contributed by atoms with E-state index in [9.17, 15) is 9.59 Å². The number of hydrogen-bond acceptors (Lipinski definition) is 6. The van der Waals surface area contributed by atoms with Crippen molar-refractivity contribution in [1.82, 2.24) is 9.55 Å². The van der Waals surface area contributed by atoms with Gasteiger partial charge < -0.3 is 18.6 Å². The highest BCUT2D eigenvalue weighted by Gasteiger charge is 2.56. The number of nitrogens with zero attached hydrogens (tertiary/aromatic N) is 1. The van der Waals surface area contributed by atoms with Crippen molar-refractivity contribution in [3.63, 3.8) is 0 Å². The van der Waals surface area contributed by atoms with E-state index >= 15 is 0 Å². The normalized spacial score (nSPS) is 30.5. The molecule has 1 N–H and O–H groups in total. The molecule has 0 amide bonds. The Kier molecular flexibility index (Phi) is 5.05. The van der Waals surface area contributed by atoms with Gasteiger partial charge in [0, 0.05) is 12.3 Å². The Morgan fingerprint density at radius 1 is 1.22 bits per heavy atom. The van der Waals surface area contributed by atoms with Crippen LogP contribution in [0.2, 0.25) is 18.1 Å². The van der Waals surface area contributed by atoms with Gasteiger partial charge in [0.05, 0.1) is 6.61 Å². The monoisotopic (exact) mass is 398 g/mol. The van der Waals surface area contributed by atoms with E-state index in [0.29, 0.717) is 6.61 Å². The minimum Gasteiger partial charge on any atom is -0.414 e. The Balaban J connectivity index is 1.84. The van der Waals surface area contributed by atoms with Gasteiger partial charge in [-0.15, -0.1) is 0 Å². The van der Waals surface area contributed by atoms with E-state index in [2.05, 4.69) is 38.8 Å². The lowest BCUT2D eigenvalue weighted by molar-refractivity contribution is -0.200. The predicted octanol–water partition coefficient (Wildman–Crippen LogP) is 1.98. The van der Waals surface area contributed by atoms with Crippen molar-refractivity contribution in [3.05, 3.63) is 33.1 Å². The molecule has 8 nitrogen and oxygen atoms in total. The molecule has 3 rings (SSSR count). The molecular weight excluding hydrogens is 368 g/mol. The zero-order valence-corrected chi connectivity index (χ0v) is 18.1. The van der Waals surface area contributed by atoms with Crippen molar-refractivity contribution < 1.29 is 18.6 Å². The number of H-pyrrole nitrogens is 1. The van der Waals surface area contributed by atoms with Gasteiger partial charge >= 0.3 is 5.69 Å². The zero-order valence-electron chi connectivity index (χ0n) is 17.1. The highest BCUT2D eigenvalue weighted by molar-refractivity contribution is 6.74. The molecule has 0 radical (unpaired) electrons. The molecule has 152 valence electrons. The Bertz CT molecular complexity index is 809. The summed E-state index contributed by atoms with van der Waals surface area (Å²) in [6, 6.07) is 1.29. The standard InChI is InChI=1S/C18H30N2O6Si/c1-17(2,3)27(6,7)23-10-11-13-14(26-18(4,5)25-13)15(24-11)20-9-8-12(21)19-16(20)22/h8-9,11,13-15H,10H2,1-7H3,(H,19,21,22)/t11-,13?,14?,15-/m1/s1. The lowest BCUT2D eigenvalue weighted by Crippen LogP contribution is -2.44. The van der Waals surface area contributed by atoms with Crippen LogP contribution < -0.4 is 11.2 Å². The summed E-state index contributed by atoms with van der Waals surface area (Å²) in [6.07, 6.45) is -0.441. The van der Waals surface area contributed by atoms with Crippen LogP contribution >= 0.6 is 0 Å². The second-order valence-electron chi connectivity index (χ2n) is 9.22. The fourth-order valence-electron chi connectivity index (χ4n) is 3.15. The second kappa shape index (κ2) is 6.66. The first kappa shape index (κ1) is 20.5. The van der Waals surface area contributed by atoms with Crippen LogP contribution in [-0.4, -0.2) is 48.6 Å². The van der Waals surface area contributed by atoms with E-state index in [0.717, 1.165) is 0 Å². The van der Waals surface area contributed by atoms with Gasteiger partial charge in [-0.3, -0.25) is 14.3 Å². The molecule has 27 heavy (non-hydrogen) atoms. The molecule has 1 aromatic heterocycles. The van der Waals surface area contributed by atoms with Crippen LogP contribution in [0.1, 0.15) is 40.8 Å². The number of fused-ring (bicyclic) bond motifs is 1. The molecule has 2 fully saturated rings. The van der Waals surface area contributed by atoms with Gasteiger partial charge in [-0.2, -0.15) is 0 Å². The van der Waals surface area contributed by atoms with Crippen LogP contribution in [0.5, 0.6) is 0 Å². The second-order valence-corrected chi connectivity index (χ2v) is 14.0. The fraction of sp³-hybridized carbons (Fsp3) is 0.778. The molecule has 2 aliphatic rings. The SMILES string of the molecule is CC1(C)OC2C(O1)[C@@H](CO[Si](C)(C)C(C)(C)C)O[C@H]2n1ccc(=O)[nH]c1=O. The number of aromatic nitrogens is 2. The van der Waals surface area contributed by atoms with E-state index < -0.39 is 37.7 Å². The Labute approximate surface area is 159 Å². The summed E-state index contributed by atoms with van der Waals surface area (Å²) in [6.45, 7) is 14.9. The minimum absolute atomic E-state index is 0.0760. The number of nitrogens with one attached hydrogen (secondary N) is 1. The lowest BCUT2D eigenvalue weighted by Gasteiger charge is -2.37. The van der Waals surface area contributed by atoms with Crippen LogP contribution in [0.3, 0.4) is 0 Å². The molecule has 0 spiro atoms. The number of ether oxygens (including phenoxy) is 3. The van der Waals surface area contributed by atoms with Gasteiger partial charge in [0.15, 0.2) is 20.3 Å². The summed E-state index contributed by atoms with van der Waals surface area (Å²) in [5, 5.41) is 0.0760. The molecule has 3 heterocycles. The summed E-state index contributed by atoms with van der Waals surface area (Å²) >= 11 is 0. The fourth-order valence-corrected chi connectivity index (χ4v) is 4.17. The first-order chi connectivity index (χ1) is 12.3. The topological polar surface area (TPSA) is 91.8 Å². The Morgan fingerprint density at radius 2 is 1.85 bits per heavy atom. The van der Waals surface area contributed by atoms with E-state index in [1.165, 1.54) is 16.8 Å². The van der Waals surface area contributed by atoms with Crippen molar-refractivity contribution in [2.45, 2.75) is 83.1 Å². The van der Waals surface area contributed by atoms with Gasteiger partial charge in [0.25, 0.3) is 5.56 Å². The highest BCUT2D eigenvalue weighted by atomic mass is 28.4. The van der Waals surface area contributed by atoms with E-state index in [1.54, 1.807) is 0 Å². The van der Waals surface area contributed by atoms with E-state index in [1.807, 2.05) is 13.8 Å². The number of rotatable bonds is 4. The maximum Gasteiger partial charge on any atom is 0.330 e. The molecule has 0 aromatic carbocycles.